The summed E-state index contributed by atoms with van der Waals surface area (Å²) in [5.74, 6) is -0.931. The van der Waals surface area contributed by atoms with E-state index in [-0.39, 0.29) is 36.9 Å². The molecule has 0 unspecified atom stereocenters. The van der Waals surface area contributed by atoms with Gasteiger partial charge in [0, 0.05) is 67.0 Å². The van der Waals surface area contributed by atoms with E-state index < -0.39 is 29.6 Å². The van der Waals surface area contributed by atoms with Crippen LogP contribution in [0.5, 0.6) is 0 Å². The Morgan fingerprint density at radius 3 is 2.31 bits per heavy atom. The van der Waals surface area contributed by atoms with E-state index in [2.05, 4.69) is 36.1 Å². The number of aliphatic hydroxyl groups is 1. The van der Waals surface area contributed by atoms with Gasteiger partial charge >= 0.3 is 6.03 Å². The molecule has 0 saturated carbocycles. The van der Waals surface area contributed by atoms with Gasteiger partial charge in [0.1, 0.15) is 6.04 Å². The first-order valence-electron chi connectivity index (χ1n) is 16.4. The lowest BCUT2D eigenvalue weighted by Crippen LogP contribution is -2.63. The van der Waals surface area contributed by atoms with Crippen molar-refractivity contribution >= 4 is 40.5 Å². The first-order chi connectivity index (χ1) is 22.9. The highest BCUT2D eigenvalue weighted by atomic mass is 32.1. The summed E-state index contributed by atoms with van der Waals surface area (Å²) in [5.41, 5.74) is 4.08. The van der Waals surface area contributed by atoms with Crippen molar-refractivity contribution in [1.82, 2.24) is 41.0 Å². The second-order valence-electron chi connectivity index (χ2n) is 13.7. The summed E-state index contributed by atoms with van der Waals surface area (Å²) in [6, 6.07) is 8.27. The van der Waals surface area contributed by atoms with E-state index in [1.165, 1.54) is 11.3 Å². The number of aromatic nitrogens is 2. The topological polar surface area (TPSA) is 152 Å². The Kier molecular flexibility index (Phi) is 13.9. The predicted octanol–water partition coefficient (Wildman–Crippen LogP) is 2.86. The van der Waals surface area contributed by atoms with Crippen LogP contribution in [0.1, 0.15) is 49.9 Å². The highest BCUT2D eigenvalue weighted by Gasteiger charge is 2.37. The fourth-order valence-corrected chi connectivity index (χ4v) is 6.85. The van der Waals surface area contributed by atoms with Crippen LogP contribution in [0, 0.1) is 11.8 Å². The molecule has 1 aliphatic rings. The molecular weight excluding hydrogens is 649 g/mol. The van der Waals surface area contributed by atoms with Crippen molar-refractivity contribution < 1.29 is 19.5 Å². The molecule has 262 valence electrons. The van der Waals surface area contributed by atoms with Gasteiger partial charge in [-0.05, 0) is 38.7 Å². The second kappa shape index (κ2) is 17.8. The first kappa shape index (κ1) is 37.4. The number of carbonyl (C=O) groups excluding carboxylic acids is 3. The third kappa shape index (κ3) is 11.9. The number of β-amino-alcohol motifs (C(OH)–C–C–N with tert-alkyl or cyclic N) is 1. The van der Waals surface area contributed by atoms with Crippen LogP contribution in [0.3, 0.4) is 0 Å². The maximum Gasteiger partial charge on any atom is 0.315 e. The zero-order chi connectivity index (χ0) is 34.7. The normalized spacial score (nSPS) is 17.8. The minimum atomic E-state index is -0.962. The van der Waals surface area contributed by atoms with Crippen molar-refractivity contribution in [3.05, 3.63) is 69.1 Å². The zero-order valence-electron chi connectivity index (χ0n) is 28.5. The van der Waals surface area contributed by atoms with Gasteiger partial charge < -0.3 is 26.4 Å². The number of nitrogens with zero attached hydrogens (tertiary/aromatic N) is 4. The van der Waals surface area contributed by atoms with Crippen LogP contribution in [0.25, 0.3) is 0 Å². The van der Waals surface area contributed by atoms with Crippen LogP contribution >= 0.6 is 22.7 Å². The lowest BCUT2D eigenvalue weighted by molar-refractivity contribution is -0.132. The molecule has 1 saturated heterocycles. The number of thiazole rings is 2. The molecule has 12 nitrogen and oxygen atoms in total. The maximum absolute atomic E-state index is 13.8. The van der Waals surface area contributed by atoms with Crippen molar-refractivity contribution in [2.24, 2.45) is 11.8 Å². The van der Waals surface area contributed by atoms with Crippen molar-refractivity contribution in [3.63, 3.8) is 0 Å². The standard InChI is InChI=1S/C34H50N8O4S2/c1-23(2)27(17-38-33(46)37-16-25-14-35-21-47-25)31(44)39-28(13-24-9-7-6-8-10-24)30(43)20-42-12-11-41(18-26-15-36-22-48-26)19-29(42)32(45)40-34(3,4)5/h6-10,14-15,21-23,27-30,43H,11-13,16-20H2,1-5H3,(H,39,44)(H,40,45)(H2,37,38,46)/t27-,28-,29-,30+/m0/s1. The van der Waals surface area contributed by atoms with E-state index in [1.807, 2.05) is 81.6 Å². The molecule has 1 fully saturated rings. The number of carbonyl (C=O) groups is 3. The highest BCUT2D eigenvalue weighted by molar-refractivity contribution is 7.09. The van der Waals surface area contributed by atoms with E-state index in [0.717, 1.165) is 21.9 Å². The number of nitrogens with one attached hydrogen (secondary N) is 4. The minimum absolute atomic E-state index is 0.0709. The molecule has 3 heterocycles. The second-order valence-corrected chi connectivity index (χ2v) is 15.6. The number of benzene rings is 1. The summed E-state index contributed by atoms with van der Waals surface area (Å²) in [4.78, 5) is 54.5. The number of piperazine rings is 1. The lowest BCUT2D eigenvalue weighted by atomic mass is 9.93. The van der Waals surface area contributed by atoms with Crippen molar-refractivity contribution in [2.75, 3.05) is 32.7 Å². The molecular formula is C34H50N8O4S2. The zero-order valence-corrected chi connectivity index (χ0v) is 30.2. The summed E-state index contributed by atoms with van der Waals surface area (Å²) in [6.07, 6.45) is 3.01. The Morgan fingerprint density at radius 1 is 1.00 bits per heavy atom. The summed E-state index contributed by atoms with van der Waals surface area (Å²) < 4.78 is 0. The van der Waals surface area contributed by atoms with E-state index >= 15 is 0 Å². The third-order valence-corrected chi connectivity index (χ3v) is 9.83. The van der Waals surface area contributed by atoms with Gasteiger partial charge in [-0.3, -0.25) is 29.4 Å². The molecule has 4 atom stereocenters. The van der Waals surface area contributed by atoms with Gasteiger partial charge in [-0.25, -0.2) is 4.79 Å². The molecule has 4 rings (SSSR count). The molecule has 1 aliphatic heterocycles. The monoisotopic (exact) mass is 698 g/mol. The quantitative estimate of drug-likeness (QED) is 0.163. The molecule has 0 spiro atoms. The van der Waals surface area contributed by atoms with Gasteiger partial charge in [-0.1, -0.05) is 44.2 Å². The van der Waals surface area contributed by atoms with Crippen molar-refractivity contribution in [2.45, 2.75) is 77.9 Å². The maximum atomic E-state index is 13.8. The molecule has 1 aromatic carbocycles. The Morgan fingerprint density at radius 2 is 1.69 bits per heavy atom. The van der Waals surface area contributed by atoms with Crippen molar-refractivity contribution in [1.29, 1.82) is 0 Å². The highest BCUT2D eigenvalue weighted by Crippen LogP contribution is 2.19. The van der Waals surface area contributed by atoms with E-state index in [1.54, 1.807) is 23.0 Å². The van der Waals surface area contributed by atoms with Crippen LogP contribution in [0.2, 0.25) is 0 Å². The fraction of sp³-hybridized carbons (Fsp3) is 0.559. The van der Waals surface area contributed by atoms with Gasteiger partial charge in [-0.15, -0.1) is 22.7 Å². The Bertz CT molecular complexity index is 1420. The average Bonchev–Trinajstić information content (AvgIpc) is 3.75. The molecule has 48 heavy (non-hydrogen) atoms. The molecule has 0 aliphatic carbocycles. The summed E-state index contributed by atoms with van der Waals surface area (Å²) >= 11 is 3.05. The van der Waals surface area contributed by atoms with Gasteiger partial charge in [-0.2, -0.15) is 0 Å². The summed E-state index contributed by atoms with van der Waals surface area (Å²) in [7, 11) is 0. The smallest absolute Gasteiger partial charge is 0.315 e. The molecule has 4 amide bonds. The van der Waals surface area contributed by atoms with Crippen LogP contribution in [-0.2, 0) is 29.1 Å². The molecule has 2 aromatic heterocycles. The van der Waals surface area contributed by atoms with Crippen molar-refractivity contribution in [3.8, 4) is 0 Å². The van der Waals surface area contributed by atoms with E-state index in [9.17, 15) is 19.5 Å². The molecule has 0 bridgehead atoms. The molecule has 0 radical (unpaired) electrons. The molecule has 3 aromatic rings. The SMILES string of the molecule is CC(C)[C@H](CNC(=O)NCc1cncs1)C(=O)N[C@@H](Cc1ccccc1)[C@H](O)CN1CCN(Cc2cncs2)C[C@H]1C(=O)NC(C)(C)C. The average molecular weight is 699 g/mol. The number of hydrogen-bond donors (Lipinski definition) is 5. The first-order valence-corrected chi connectivity index (χ1v) is 18.2. The van der Waals surface area contributed by atoms with Gasteiger partial charge in [0.25, 0.3) is 0 Å². The number of urea groups is 1. The van der Waals surface area contributed by atoms with Gasteiger partial charge in [0.2, 0.25) is 11.8 Å². The Hall–Kier alpha value is -3.43. The van der Waals surface area contributed by atoms with Crippen LogP contribution in [0.15, 0.2) is 53.7 Å². The lowest BCUT2D eigenvalue weighted by Gasteiger charge is -2.43. The number of rotatable bonds is 15. The largest absolute Gasteiger partial charge is 0.390 e. The Balaban J connectivity index is 1.45. The Labute approximate surface area is 291 Å². The molecule has 5 N–H and O–H groups in total. The van der Waals surface area contributed by atoms with Crippen LogP contribution in [0.4, 0.5) is 4.79 Å². The number of hydrogen-bond acceptors (Lipinski definition) is 10. The van der Waals surface area contributed by atoms with Gasteiger partial charge in [0.05, 0.1) is 35.6 Å². The fourth-order valence-electron chi connectivity index (χ4n) is 5.68. The summed E-state index contributed by atoms with van der Waals surface area (Å²) in [5, 5.41) is 23.7. The van der Waals surface area contributed by atoms with Crippen LogP contribution < -0.4 is 21.3 Å². The minimum Gasteiger partial charge on any atom is -0.390 e. The van der Waals surface area contributed by atoms with E-state index in [4.69, 9.17) is 0 Å². The molecule has 14 heteroatoms. The van der Waals surface area contributed by atoms with Crippen LogP contribution in [-0.4, -0.2) is 99.2 Å². The van der Waals surface area contributed by atoms with Gasteiger partial charge in [0.15, 0.2) is 0 Å². The third-order valence-electron chi connectivity index (χ3n) is 8.28. The van der Waals surface area contributed by atoms with E-state index in [0.29, 0.717) is 32.6 Å². The number of aliphatic hydroxyl groups excluding tert-OH is 1. The number of amides is 4. The summed E-state index contributed by atoms with van der Waals surface area (Å²) in [6.45, 7) is 13.0. The predicted molar refractivity (Wildman–Crippen MR) is 189 cm³/mol.